The van der Waals surface area contributed by atoms with Crippen LogP contribution in [0.2, 0.25) is 0 Å². The molecule has 1 unspecified atom stereocenters. The number of likely N-dealkylation sites (tertiary alicyclic amines) is 1. The summed E-state index contributed by atoms with van der Waals surface area (Å²) in [5.74, 6) is 0.807. The van der Waals surface area contributed by atoms with Gasteiger partial charge >= 0.3 is 0 Å². The van der Waals surface area contributed by atoms with Gasteiger partial charge in [0, 0.05) is 19.6 Å². The van der Waals surface area contributed by atoms with Crippen molar-refractivity contribution in [1.82, 2.24) is 15.5 Å². The molecule has 0 saturated carbocycles. The van der Waals surface area contributed by atoms with E-state index in [0.29, 0.717) is 13.2 Å². The van der Waals surface area contributed by atoms with E-state index in [1.54, 1.807) is 0 Å². The fraction of sp³-hybridized carbons (Fsp3) is 0.923. The van der Waals surface area contributed by atoms with Crippen LogP contribution in [0.4, 0.5) is 0 Å². The van der Waals surface area contributed by atoms with Crippen molar-refractivity contribution in [2.24, 2.45) is 5.92 Å². The van der Waals surface area contributed by atoms with Gasteiger partial charge in [0.2, 0.25) is 5.91 Å². The van der Waals surface area contributed by atoms with Crippen LogP contribution >= 0.6 is 0 Å². The zero-order valence-electron chi connectivity index (χ0n) is 11.3. The number of hydrogen-bond acceptors (Lipinski definition) is 4. The summed E-state index contributed by atoms with van der Waals surface area (Å²) in [6, 6.07) is 0. The van der Waals surface area contributed by atoms with Gasteiger partial charge in [-0.25, -0.2) is 0 Å². The third kappa shape index (κ3) is 4.23. The Morgan fingerprint density at radius 3 is 2.89 bits per heavy atom. The summed E-state index contributed by atoms with van der Waals surface area (Å²) >= 11 is 0. The van der Waals surface area contributed by atoms with Gasteiger partial charge in [0.25, 0.3) is 0 Å². The molecule has 0 radical (unpaired) electrons. The first-order valence-corrected chi connectivity index (χ1v) is 7.04. The van der Waals surface area contributed by atoms with Gasteiger partial charge in [0.1, 0.15) is 6.10 Å². The largest absolute Gasteiger partial charge is 0.366 e. The Labute approximate surface area is 109 Å². The molecular weight excluding hydrogens is 230 g/mol. The fourth-order valence-electron chi connectivity index (χ4n) is 2.60. The molecule has 5 nitrogen and oxygen atoms in total. The Hall–Kier alpha value is -0.650. The number of hydrogen-bond donors (Lipinski definition) is 2. The molecule has 0 aromatic rings. The fourth-order valence-corrected chi connectivity index (χ4v) is 2.60. The molecule has 0 aromatic carbocycles. The molecule has 2 fully saturated rings. The SMILES string of the molecule is CN1CCC(CCNC(=O)C2CNCCO2)CC1. The van der Waals surface area contributed by atoms with E-state index < -0.39 is 0 Å². The Morgan fingerprint density at radius 2 is 2.22 bits per heavy atom. The van der Waals surface area contributed by atoms with Gasteiger partial charge < -0.3 is 20.3 Å². The quantitative estimate of drug-likeness (QED) is 0.732. The molecule has 18 heavy (non-hydrogen) atoms. The van der Waals surface area contributed by atoms with Crippen LogP contribution in [0.1, 0.15) is 19.3 Å². The molecule has 1 amide bonds. The van der Waals surface area contributed by atoms with Crippen LogP contribution in [0, 0.1) is 5.92 Å². The summed E-state index contributed by atoms with van der Waals surface area (Å²) in [7, 11) is 2.17. The molecule has 0 aromatic heterocycles. The minimum Gasteiger partial charge on any atom is -0.366 e. The van der Waals surface area contributed by atoms with Crippen LogP contribution in [0.5, 0.6) is 0 Å². The zero-order chi connectivity index (χ0) is 12.8. The molecule has 2 N–H and O–H groups in total. The highest BCUT2D eigenvalue weighted by Gasteiger charge is 2.22. The summed E-state index contributed by atoms with van der Waals surface area (Å²) < 4.78 is 5.42. The first-order valence-electron chi connectivity index (χ1n) is 7.04. The number of amides is 1. The lowest BCUT2D eigenvalue weighted by Crippen LogP contribution is -2.48. The van der Waals surface area contributed by atoms with E-state index in [-0.39, 0.29) is 12.0 Å². The van der Waals surface area contributed by atoms with Crippen molar-refractivity contribution < 1.29 is 9.53 Å². The number of morpholine rings is 1. The first kappa shape index (κ1) is 13.8. The van der Waals surface area contributed by atoms with Crippen molar-refractivity contribution in [3.8, 4) is 0 Å². The Morgan fingerprint density at radius 1 is 1.44 bits per heavy atom. The Kier molecular flexibility index (Phi) is 5.41. The molecule has 2 aliphatic rings. The maximum absolute atomic E-state index is 11.8. The molecule has 0 bridgehead atoms. The summed E-state index contributed by atoms with van der Waals surface area (Å²) in [6.45, 7) is 5.28. The second-order valence-electron chi connectivity index (χ2n) is 5.39. The molecule has 0 aliphatic carbocycles. The van der Waals surface area contributed by atoms with Crippen LogP contribution in [0.15, 0.2) is 0 Å². The number of nitrogens with one attached hydrogen (secondary N) is 2. The van der Waals surface area contributed by atoms with E-state index >= 15 is 0 Å². The maximum Gasteiger partial charge on any atom is 0.250 e. The number of piperidine rings is 1. The van der Waals surface area contributed by atoms with E-state index in [0.717, 1.165) is 25.4 Å². The molecule has 2 aliphatic heterocycles. The standard InChI is InChI=1S/C13H25N3O2/c1-16-7-3-11(4-8-16)2-5-15-13(17)12-10-14-6-9-18-12/h11-12,14H,2-10H2,1H3,(H,15,17). The van der Waals surface area contributed by atoms with Crippen molar-refractivity contribution in [3.05, 3.63) is 0 Å². The molecular formula is C13H25N3O2. The highest BCUT2D eigenvalue weighted by Crippen LogP contribution is 2.18. The first-order chi connectivity index (χ1) is 8.75. The second-order valence-corrected chi connectivity index (χ2v) is 5.39. The lowest BCUT2D eigenvalue weighted by atomic mass is 9.94. The third-order valence-corrected chi connectivity index (χ3v) is 3.91. The number of ether oxygens (including phenoxy) is 1. The second kappa shape index (κ2) is 7.07. The smallest absolute Gasteiger partial charge is 0.250 e. The molecule has 104 valence electrons. The molecule has 5 heteroatoms. The number of carbonyl (C=O) groups is 1. The van der Waals surface area contributed by atoms with Gasteiger partial charge in [0.15, 0.2) is 0 Å². The average molecular weight is 255 g/mol. The van der Waals surface area contributed by atoms with E-state index in [1.165, 1.54) is 25.9 Å². The van der Waals surface area contributed by atoms with E-state index in [4.69, 9.17) is 4.74 Å². The number of carbonyl (C=O) groups excluding carboxylic acids is 1. The lowest BCUT2D eigenvalue weighted by molar-refractivity contribution is -0.134. The minimum atomic E-state index is -0.295. The predicted molar refractivity (Wildman–Crippen MR) is 70.5 cm³/mol. The van der Waals surface area contributed by atoms with Crippen LogP contribution in [-0.4, -0.2) is 63.3 Å². The van der Waals surface area contributed by atoms with E-state index in [2.05, 4.69) is 22.6 Å². The van der Waals surface area contributed by atoms with Gasteiger partial charge in [-0.2, -0.15) is 0 Å². The van der Waals surface area contributed by atoms with Crippen LogP contribution < -0.4 is 10.6 Å². The maximum atomic E-state index is 11.8. The molecule has 2 rings (SSSR count). The van der Waals surface area contributed by atoms with Crippen molar-refractivity contribution in [3.63, 3.8) is 0 Å². The van der Waals surface area contributed by atoms with Crippen LogP contribution in [0.3, 0.4) is 0 Å². The van der Waals surface area contributed by atoms with Crippen LogP contribution in [0.25, 0.3) is 0 Å². The van der Waals surface area contributed by atoms with Gasteiger partial charge in [-0.1, -0.05) is 0 Å². The molecule has 1 atom stereocenters. The average Bonchev–Trinajstić information content (AvgIpc) is 2.42. The molecule has 0 spiro atoms. The number of rotatable bonds is 4. The van der Waals surface area contributed by atoms with Gasteiger partial charge in [-0.3, -0.25) is 4.79 Å². The summed E-state index contributed by atoms with van der Waals surface area (Å²) in [4.78, 5) is 14.2. The third-order valence-electron chi connectivity index (χ3n) is 3.91. The normalized spacial score (nSPS) is 27.1. The molecule has 2 heterocycles. The monoisotopic (exact) mass is 255 g/mol. The van der Waals surface area contributed by atoms with Gasteiger partial charge in [-0.15, -0.1) is 0 Å². The van der Waals surface area contributed by atoms with Gasteiger partial charge in [-0.05, 0) is 45.3 Å². The van der Waals surface area contributed by atoms with Crippen molar-refractivity contribution in [2.45, 2.75) is 25.4 Å². The van der Waals surface area contributed by atoms with Crippen molar-refractivity contribution in [1.29, 1.82) is 0 Å². The van der Waals surface area contributed by atoms with Gasteiger partial charge in [0.05, 0.1) is 6.61 Å². The number of nitrogens with zero attached hydrogens (tertiary/aromatic N) is 1. The van der Waals surface area contributed by atoms with Crippen LogP contribution in [-0.2, 0) is 9.53 Å². The van der Waals surface area contributed by atoms with E-state index in [9.17, 15) is 4.79 Å². The highest BCUT2D eigenvalue weighted by molar-refractivity contribution is 5.81. The van der Waals surface area contributed by atoms with E-state index in [1.807, 2.05) is 0 Å². The Balaban J connectivity index is 1.58. The lowest BCUT2D eigenvalue weighted by Gasteiger charge is -2.29. The minimum absolute atomic E-state index is 0.0372. The predicted octanol–water partition coefficient (Wildman–Crippen LogP) is -0.177. The molecule has 2 saturated heterocycles. The topological polar surface area (TPSA) is 53.6 Å². The Bertz CT molecular complexity index is 259. The summed E-state index contributed by atoms with van der Waals surface area (Å²) in [6.07, 6.45) is 3.32. The zero-order valence-corrected chi connectivity index (χ0v) is 11.3. The summed E-state index contributed by atoms with van der Waals surface area (Å²) in [5, 5.41) is 6.16. The van der Waals surface area contributed by atoms with Crippen molar-refractivity contribution >= 4 is 5.91 Å². The summed E-state index contributed by atoms with van der Waals surface area (Å²) in [5.41, 5.74) is 0. The van der Waals surface area contributed by atoms with Crippen molar-refractivity contribution in [2.75, 3.05) is 46.4 Å². The highest BCUT2D eigenvalue weighted by atomic mass is 16.5.